The average Bonchev–Trinajstić information content (AvgIpc) is 3.12. The van der Waals surface area contributed by atoms with Crippen molar-refractivity contribution in [1.82, 2.24) is 14.9 Å². The first-order valence-electron chi connectivity index (χ1n) is 9.74. The molecule has 4 N–H and O–H groups in total. The van der Waals surface area contributed by atoms with Crippen molar-refractivity contribution in [1.29, 1.82) is 0 Å². The van der Waals surface area contributed by atoms with Gasteiger partial charge in [-0.25, -0.2) is 10.1 Å². The summed E-state index contributed by atoms with van der Waals surface area (Å²) < 4.78 is 2.22. The van der Waals surface area contributed by atoms with E-state index >= 15 is 0 Å². The molecule has 1 heterocycles. The van der Waals surface area contributed by atoms with Gasteiger partial charge in [0, 0.05) is 10.2 Å². The molecule has 10 heteroatoms. The van der Waals surface area contributed by atoms with Crippen LogP contribution in [0.4, 0.5) is 11.6 Å². The first kappa shape index (κ1) is 22.8. The van der Waals surface area contributed by atoms with Gasteiger partial charge in [0.25, 0.3) is 5.95 Å². The van der Waals surface area contributed by atoms with Gasteiger partial charge in [-0.05, 0) is 47.7 Å². The molecule has 0 aliphatic rings. The molecule has 0 aliphatic heterocycles. The quantitative estimate of drug-likeness (QED) is 0.173. The maximum absolute atomic E-state index is 12.3. The van der Waals surface area contributed by atoms with E-state index in [0.717, 1.165) is 22.1 Å². The Balaban J connectivity index is 1.50. The van der Waals surface area contributed by atoms with Crippen molar-refractivity contribution in [3.05, 3.63) is 64.1 Å². The van der Waals surface area contributed by atoms with Crippen molar-refractivity contribution in [3.63, 3.8) is 0 Å². The Labute approximate surface area is 193 Å². The lowest BCUT2D eigenvalue weighted by Crippen LogP contribution is -2.16. The highest BCUT2D eigenvalue weighted by atomic mass is 79.9. The van der Waals surface area contributed by atoms with Crippen molar-refractivity contribution in [3.8, 4) is 0 Å². The summed E-state index contributed by atoms with van der Waals surface area (Å²) in [6.45, 7) is 4.34. The fraction of sp³-hybridized carbons (Fsp3) is 0.238. The van der Waals surface area contributed by atoms with Gasteiger partial charge < -0.3 is 11.2 Å². The molecule has 31 heavy (non-hydrogen) atoms. The highest BCUT2D eigenvalue weighted by molar-refractivity contribution is 9.10. The minimum Gasteiger partial charge on any atom is -0.334 e. The molecule has 3 rings (SSSR count). The van der Waals surface area contributed by atoms with Crippen LogP contribution in [0.1, 0.15) is 37.3 Å². The number of carbonyl (C=O) groups is 1. The number of halogens is 1. The average molecular weight is 502 g/mol. The molecule has 8 nitrogen and oxygen atoms in total. The maximum Gasteiger partial charge on any atom is 0.264 e. The summed E-state index contributed by atoms with van der Waals surface area (Å²) >= 11 is 4.60. The molecular weight excluding hydrogens is 478 g/mol. The van der Waals surface area contributed by atoms with Gasteiger partial charge in [-0.3, -0.25) is 4.79 Å². The second-order valence-electron chi connectivity index (χ2n) is 6.87. The topological polar surface area (TPSA) is 110 Å². The minimum absolute atomic E-state index is 0.147. The third-order valence-electron chi connectivity index (χ3n) is 4.60. The Hall–Kier alpha value is -2.85. The van der Waals surface area contributed by atoms with Crippen LogP contribution in [-0.2, 0) is 4.79 Å². The number of carbonyl (C=O) groups excluding carboxylic acids is 1. The smallest absolute Gasteiger partial charge is 0.264 e. The number of anilines is 2. The van der Waals surface area contributed by atoms with Crippen LogP contribution in [0, 0.1) is 0 Å². The number of thioether (sulfide) groups is 1. The van der Waals surface area contributed by atoms with Crippen LogP contribution >= 0.6 is 27.7 Å². The lowest BCUT2D eigenvalue weighted by molar-refractivity contribution is -0.113. The number of benzene rings is 2. The van der Waals surface area contributed by atoms with E-state index < -0.39 is 0 Å². The first-order valence-corrected chi connectivity index (χ1v) is 11.5. The number of aromatic nitrogens is 3. The Morgan fingerprint density at radius 1 is 1.29 bits per heavy atom. The van der Waals surface area contributed by atoms with Crippen molar-refractivity contribution in [2.45, 2.75) is 31.3 Å². The third kappa shape index (κ3) is 6.56. The number of hydrogen-bond acceptors (Lipinski definition) is 7. The predicted octanol–water partition coefficient (Wildman–Crippen LogP) is 4.44. The summed E-state index contributed by atoms with van der Waals surface area (Å²) in [4.78, 5) is 12.3. The number of nitrogen functional groups attached to an aromatic ring is 1. The molecule has 1 atom stereocenters. The van der Waals surface area contributed by atoms with E-state index in [2.05, 4.69) is 55.8 Å². The molecule has 1 aromatic heterocycles. The Kier molecular flexibility index (Phi) is 8.07. The highest BCUT2D eigenvalue weighted by Crippen LogP contribution is 2.21. The van der Waals surface area contributed by atoms with Crippen molar-refractivity contribution in [2.24, 2.45) is 5.10 Å². The SMILES string of the molecule is CCC(C)c1ccc(NC(=O)CSc2nnc(N/N=C/c3cccc(Br)c3)n2N)cc1. The predicted molar refractivity (Wildman–Crippen MR) is 130 cm³/mol. The van der Waals surface area contributed by atoms with Crippen LogP contribution in [0.15, 0.2) is 63.3 Å². The Morgan fingerprint density at radius 3 is 2.77 bits per heavy atom. The van der Waals surface area contributed by atoms with Gasteiger partial charge in [0.05, 0.1) is 12.0 Å². The molecule has 0 fully saturated rings. The van der Waals surface area contributed by atoms with E-state index in [0.29, 0.717) is 11.1 Å². The van der Waals surface area contributed by atoms with E-state index in [-0.39, 0.29) is 17.6 Å². The van der Waals surface area contributed by atoms with Crippen molar-refractivity contribution < 1.29 is 4.79 Å². The zero-order valence-corrected chi connectivity index (χ0v) is 19.7. The van der Waals surface area contributed by atoms with E-state index in [4.69, 9.17) is 5.84 Å². The molecule has 3 aromatic rings. The van der Waals surface area contributed by atoms with E-state index in [9.17, 15) is 4.79 Å². The van der Waals surface area contributed by atoms with E-state index in [1.165, 1.54) is 22.0 Å². The minimum atomic E-state index is -0.147. The molecule has 162 valence electrons. The fourth-order valence-electron chi connectivity index (χ4n) is 2.66. The van der Waals surface area contributed by atoms with Gasteiger partial charge in [0.1, 0.15) is 0 Å². The van der Waals surface area contributed by atoms with Gasteiger partial charge in [-0.15, -0.1) is 10.2 Å². The standard InChI is InChI=1S/C21H24BrN7OS/c1-3-14(2)16-7-9-18(10-8-16)25-19(30)13-31-21-28-27-20(29(21)23)26-24-12-15-5-4-6-17(22)11-15/h4-12,14H,3,13,23H2,1-2H3,(H,25,30)(H,26,27)/b24-12+. The Bertz CT molecular complexity index is 1050. The molecule has 2 aromatic carbocycles. The summed E-state index contributed by atoms with van der Waals surface area (Å²) in [6, 6.07) is 15.6. The van der Waals surface area contributed by atoms with Gasteiger partial charge >= 0.3 is 0 Å². The highest BCUT2D eigenvalue weighted by Gasteiger charge is 2.12. The molecule has 0 saturated heterocycles. The summed E-state index contributed by atoms with van der Waals surface area (Å²) in [5, 5.41) is 15.4. The van der Waals surface area contributed by atoms with Crippen LogP contribution in [0.25, 0.3) is 0 Å². The van der Waals surface area contributed by atoms with Gasteiger partial charge in [-0.1, -0.05) is 65.8 Å². The lowest BCUT2D eigenvalue weighted by atomic mass is 9.99. The molecule has 0 radical (unpaired) electrons. The largest absolute Gasteiger partial charge is 0.334 e. The second-order valence-corrected chi connectivity index (χ2v) is 8.73. The number of hydrazone groups is 1. The molecule has 0 spiro atoms. The van der Waals surface area contributed by atoms with Crippen LogP contribution in [0.3, 0.4) is 0 Å². The van der Waals surface area contributed by atoms with Crippen LogP contribution < -0.4 is 16.6 Å². The normalized spacial score (nSPS) is 12.1. The zero-order valence-electron chi connectivity index (χ0n) is 17.2. The van der Waals surface area contributed by atoms with E-state index in [1.807, 2.05) is 48.5 Å². The summed E-state index contributed by atoms with van der Waals surface area (Å²) in [6.07, 6.45) is 2.72. The first-order chi connectivity index (χ1) is 15.0. The number of rotatable bonds is 9. The molecular formula is C21H24BrN7OS. The summed E-state index contributed by atoms with van der Waals surface area (Å²) in [5.74, 6) is 6.78. The van der Waals surface area contributed by atoms with Crippen LogP contribution in [0.5, 0.6) is 0 Å². The van der Waals surface area contributed by atoms with Crippen molar-refractivity contribution >= 4 is 51.4 Å². The maximum atomic E-state index is 12.3. The molecule has 0 saturated carbocycles. The molecule has 1 amide bonds. The fourth-order valence-corrected chi connectivity index (χ4v) is 3.73. The zero-order chi connectivity index (χ0) is 22.2. The van der Waals surface area contributed by atoms with Gasteiger partial charge in [-0.2, -0.15) is 5.10 Å². The Morgan fingerprint density at radius 2 is 2.06 bits per heavy atom. The second kappa shape index (κ2) is 11.0. The molecule has 0 aliphatic carbocycles. The number of nitrogens with zero attached hydrogens (tertiary/aromatic N) is 4. The summed E-state index contributed by atoms with van der Waals surface area (Å²) in [7, 11) is 0. The van der Waals surface area contributed by atoms with Gasteiger partial charge in [0.15, 0.2) is 0 Å². The summed E-state index contributed by atoms with van der Waals surface area (Å²) in [5.41, 5.74) is 5.68. The lowest BCUT2D eigenvalue weighted by Gasteiger charge is -2.10. The number of hydrogen-bond donors (Lipinski definition) is 3. The van der Waals surface area contributed by atoms with Gasteiger partial charge in [0.2, 0.25) is 11.1 Å². The number of amides is 1. The van der Waals surface area contributed by atoms with Crippen LogP contribution in [0.2, 0.25) is 0 Å². The molecule has 0 bridgehead atoms. The van der Waals surface area contributed by atoms with E-state index in [1.54, 1.807) is 6.21 Å². The molecule has 1 unspecified atom stereocenters. The number of nitrogens with one attached hydrogen (secondary N) is 2. The van der Waals surface area contributed by atoms with Crippen LogP contribution in [-0.4, -0.2) is 32.7 Å². The number of nitrogens with two attached hydrogens (primary N) is 1. The monoisotopic (exact) mass is 501 g/mol. The third-order valence-corrected chi connectivity index (χ3v) is 6.04. The van der Waals surface area contributed by atoms with Crippen molar-refractivity contribution in [2.75, 3.05) is 22.3 Å².